The molecule has 2 rings (SSSR count). The number of rotatable bonds is 7. The Kier molecular flexibility index (Phi) is 6.74. The Hall–Kier alpha value is -1.47. The third-order valence-electron chi connectivity index (χ3n) is 3.99. The van der Waals surface area contributed by atoms with Gasteiger partial charge < -0.3 is 14.7 Å². The molecule has 0 spiro atoms. The fraction of sp³-hybridized carbons (Fsp3) is 0.647. The quantitative estimate of drug-likeness (QED) is 0.737. The molecule has 1 aliphatic heterocycles. The summed E-state index contributed by atoms with van der Waals surface area (Å²) in [6.07, 6.45) is -0.557. The summed E-state index contributed by atoms with van der Waals surface area (Å²) in [5.74, 6) is 0.461. The highest BCUT2D eigenvalue weighted by molar-refractivity contribution is 5.44. The molecular weight excluding hydrogens is 323 g/mol. The van der Waals surface area contributed by atoms with Crippen molar-refractivity contribution in [1.29, 1.82) is 0 Å². The third-order valence-corrected chi connectivity index (χ3v) is 3.99. The zero-order chi connectivity index (χ0) is 17.6. The van der Waals surface area contributed by atoms with Crippen LogP contribution < -0.4 is 9.47 Å². The maximum absolute atomic E-state index is 12.9. The summed E-state index contributed by atoms with van der Waals surface area (Å²) in [4.78, 5) is 0. The molecule has 0 unspecified atom stereocenters. The van der Waals surface area contributed by atoms with Crippen LogP contribution in [0.25, 0.3) is 0 Å². The lowest BCUT2D eigenvalue weighted by atomic mass is 10.1. The van der Waals surface area contributed by atoms with Crippen LogP contribution in [0.5, 0.6) is 11.5 Å². The fourth-order valence-corrected chi connectivity index (χ4v) is 2.57. The van der Waals surface area contributed by atoms with Gasteiger partial charge in [-0.25, -0.2) is 0 Å². The zero-order valence-electron chi connectivity index (χ0n) is 13.8. The van der Waals surface area contributed by atoms with E-state index >= 15 is 0 Å². The summed E-state index contributed by atoms with van der Waals surface area (Å²) in [5.41, 5.74) is -0.745. The van der Waals surface area contributed by atoms with Crippen molar-refractivity contribution in [2.45, 2.75) is 51.3 Å². The van der Waals surface area contributed by atoms with Crippen molar-refractivity contribution >= 4 is 0 Å². The summed E-state index contributed by atoms with van der Waals surface area (Å²) in [7, 11) is 0. The maximum Gasteiger partial charge on any atom is 0.416 e. The molecule has 1 aromatic carbocycles. The topological polar surface area (TPSA) is 41.9 Å². The van der Waals surface area contributed by atoms with Gasteiger partial charge in [-0.3, -0.25) is 0 Å². The van der Waals surface area contributed by atoms with E-state index in [9.17, 15) is 18.4 Å². The van der Waals surface area contributed by atoms with Crippen LogP contribution in [0.4, 0.5) is 13.2 Å². The Labute approximate surface area is 140 Å². The highest BCUT2D eigenvalue weighted by atomic mass is 19.4. The Morgan fingerprint density at radius 2 is 1.88 bits per heavy atom. The van der Waals surface area contributed by atoms with Crippen LogP contribution in [0.3, 0.4) is 0 Å². The van der Waals surface area contributed by atoms with Gasteiger partial charge in [0.2, 0.25) is 0 Å². The summed E-state index contributed by atoms with van der Waals surface area (Å²) in [6, 6.07) is 3.33. The number of hydrogen-bond acceptors (Lipinski definition) is 4. The summed E-state index contributed by atoms with van der Waals surface area (Å²) in [6.45, 7) is 3.38. The minimum atomic E-state index is -4.41. The summed E-state index contributed by atoms with van der Waals surface area (Å²) >= 11 is 0. The first kappa shape index (κ1) is 18.9. The first-order valence-electron chi connectivity index (χ1n) is 8.34. The number of ether oxygens (including phenoxy) is 2. The van der Waals surface area contributed by atoms with Gasteiger partial charge in [-0.15, -0.1) is 0 Å². The number of benzene rings is 1. The van der Waals surface area contributed by atoms with Crippen molar-refractivity contribution in [3.05, 3.63) is 23.8 Å². The van der Waals surface area contributed by atoms with Gasteiger partial charge in [-0.2, -0.15) is 18.2 Å². The Bertz CT molecular complexity index is 514. The molecule has 4 nitrogen and oxygen atoms in total. The van der Waals surface area contributed by atoms with Crippen molar-refractivity contribution in [2.75, 3.05) is 19.7 Å². The Balaban J connectivity index is 2.09. The van der Waals surface area contributed by atoms with Crippen molar-refractivity contribution in [3.8, 4) is 11.5 Å². The molecule has 1 saturated heterocycles. The van der Waals surface area contributed by atoms with Crippen molar-refractivity contribution in [1.82, 2.24) is 5.06 Å². The molecule has 136 valence electrons. The number of piperidine rings is 1. The van der Waals surface area contributed by atoms with Gasteiger partial charge in [-0.05, 0) is 37.5 Å². The first-order chi connectivity index (χ1) is 11.4. The lowest BCUT2D eigenvalue weighted by Crippen LogP contribution is -2.36. The fourth-order valence-electron chi connectivity index (χ4n) is 2.57. The van der Waals surface area contributed by atoms with Crippen LogP contribution in [0.1, 0.15) is 44.6 Å². The second kappa shape index (κ2) is 8.58. The predicted octanol–water partition coefficient (Wildman–Crippen LogP) is 4.51. The Morgan fingerprint density at radius 3 is 2.50 bits per heavy atom. The van der Waals surface area contributed by atoms with E-state index in [1.165, 1.54) is 11.1 Å². The van der Waals surface area contributed by atoms with Gasteiger partial charge in [0, 0.05) is 13.1 Å². The molecule has 7 heteroatoms. The molecular formula is C17H24F3NO3. The second-order valence-electron chi connectivity index (χ2n) is 5.99. The molecule has 1 fully saturated rings. The van der Waals surface area contributed by atoms with E-state index in [-0.39, 0.29) is 11.9 Å². The van der Waals surface area contributed by atoms with Gasteiger partial charge in [0.25, 0.3) is 0 Å². The van der Waals surface area contributed by atoms with E-state index in [1.807, 2.05) is 6.92 Å². The molecule has 1 aromatic rings. The molecule has 1 N–H and O–H groups in total. The van der Waals surface area contributed by atoms with Crippen molar-refractivity contribution in [2.24, 2.45) is 0 Å². The molecule has 1 aliphatic rings. The van der Waals surface area contributed by atoms with E-state index in [4.69, 9.17) is 9.47 Å². The third kappa shape index (κ3) is 5.56. The van der Waals surface area contributed by atoms with E-state index in [1.54, 1.807) is 0 Å². The molecule has 0 amide bonds. The van der Waals surface area contributed by atoms with Gasteiger partial charge >= 0.3 is 6.18 Å². The van der Waals surface area contributed by atoms with Gasteiger partial charge in [0.15, 0.2) is 11.5 Å². The maximum atomic E-state index is 12.9. The smallest absolute Gasteiger partial charge is 0.416 e. The largest absolute Gasteiger partial charge is 0.490 e. The average Bonchev–Trinajstić information content (AvgIpc) is 2.54. The highest BCUT2D eigenvalue weighted by Crippen LogP contribution is 2.37. The van der Waals surface area contributed by atoms with Crippen molar-refractivity contribution in [3.63, 3.8) is 0 Å². The standard InChI is InChI=1S/C17H24F3NO3/c1-2-3-4-11-23-16-12-13(17(18,19)20)5-6-15(16)24-14-7-9-21(22)10-8-14/h5-6,12,14,22H,2-4,7-11H2,1H3. The molecule has 0 radical (unpaired) electrons. The monoisotopic (exact) mass is 347 g/mol. The van der Waals surface area contributed by atoms with Gasteiger partial charge in [-0.1, -0.05) is 19.8 Å². The number of hydrogen-bond donors (Lipinski definition) is 1. The molecule has 0 bridgehead atoms. The lowest BCUT2D eigenvalue weighted by Gasteiger charge is -2.28. The Morgan fingerprint density at radius 1 is 1.17 bits per heavy atom. The SMILES string of the molecule is CCCCCOc1cc(C(F)(F)F)ccc1OC1CCN(O)CC1. The molecule has 0 aromatic heterocycles. The van der Waals surface area contributed by atoms with Crippen LogP contribution >= 0.6 is 0 Å². The van der Waals surface area contributed by atoms with Gasteiger partial charge in [0.05, 0.1) is 12.2 Å². The molecule has 24 heavy (non-hydrogen) atoms. The van der Waals surface area contributed by atoms with Crippen LogP contribution in [-0.4, -0.2) is 36.1 Å². The van der Waals surface area contributed by atoms with E-state index < -0.39 is 11.7 Å². The van der Waals surface area contributed by atoms with Gasteiger partial charge in [0.1, 0.15) is 6.10 Å². The number of nitrogens with zero attached hydrogens (tertiary/aromatic N) is 1. The second-order valence-corrected chi connectivity index (χ2v) is 5.99. The molecule has 0 atom stereocenters. The predicted molar refractivity (Wildman–Crippen MR) is 83.5 cm³/mol. The first-order valence-corrected chi connectivity index (χ1v) is 8.34. The van der Waals surface area contributed by atoms with Crippen molar-refractivity contribution < 1.29 is 27.9 Å². The van der Waals surface area contributed by atoms with E-state index in [0.717, 1.165) is 31.4 Å². The summed E-state index contributed by atoms with van der Waals surface area (Å²) in [5, 5.41) is 10.6. The molecule has 0 aliphatic carbocycles. The van der Waals surface area contributed by atoms with Crippen LogP contribution in [0, 0.1) is 0 Å². The van der Waals surface area contributed by atoms with Crippen LogP contribution in [0.2, 0.25) is 0 Å². The number of hydroxylamine groups is 2. The molecule has 1 heterocycles. The minimum absolute atomic E-state index is 0.132. The number of halogens is 3. The molecule has 0 saturated carbocycles. The van der Waals surface area contributed by atoms with E-state index in [0.29, 0.717) is 38.3 Å². The average molecular weight is 347 g/mol. The number of unbranched alkanes of at least 4 members (excludes halogenated alkanes) is 2. The number of alkyl halides is 3. The minimum Gasteiger partial charge on any atom is -0.490 e. The van der Waals surface area contributed by atoms with E-state index in [2.05, 4.69) is 0 Å². The highest BCUT2D eigenvalue weighted by Gasteiger charge is 2.32. The summed E-state index contributed by atoms with van der Waals surface area (Å²) < 4.78 is 50.1. The van der Waals surface area contributed by atoms with Crippen LogP contribution in [-0.2, 0) is 6.18 Å². The van der Waals surface area contributed by atoms with Crippen LogP contribution in [0.15, 0.2) is 18.2 Å². The zero-order valence-corrected chi connectivity index (χ0v) is 13.8. The lowest BCUT2D eigenvalue weighted by molar-refractivity contribution is -0.137. The normalized spacial score (nSPS) is 17.0.